The van der Waals surface area contributed by atoms with E-state index >= 15 is 0 Å². The van der Waals surface area contributed by atoms with Crippen molar-refractivity contribution in [1.82, 2.24) is 25.2 Å². The van der Waals surface area contributed by atoms with Gasteiger partial charge in [-0.25, -0.2) is 4.98 Å². The summed E-state index contributed by atoms with van der Waals surface area (Å²) < 4.78 is 5.14. The molecule has 0 aliphatic rings. The van der Waals surface area contributed by atoms with E-state index in [0.29, 0.717) is 11.6 Å². The van der Waals surface area contributed by atoms with Crippen LogP contribution in [0.2, 0.25) is 0 Å². The summed E-state index contributed by atoms with van der Waals surface area (Å²) in [6.45, 7) is 3.65. The van der Waals surface area contributed by atoms with E-state index < -0.39 is 0 Å². The maximum Gasteiger partial charge on any atom is 0.227 e. The first-order valence-corrected chi connectivity index (χ1v) is 7.65. The SMILES string of the molecule is Cc1noc(C)c1CC(=O)N(C)C(c1ccccc1)c1ncn[nH]1. The van der Waals surface area contributed by atoms with Gasteiger partial charge in [0.05, 0.1) is 12.1 Å². The number of rotatable bonds is 5. The minimum Gasteiger partial charge on any atom is -0.361 e. The van der Waals surface area contributed by atoms with Gasteiger partial charge in [-0.3, -0.25) is 9.89 Å². The van der Waals surface area contributed by atoms with Gasteiger partial charge in [-0.2, -0.15) is 5.10 Å². The summed E-state index contributed by atoms with van der Waals surface area (Å²) in [5.74, 6) is 1.25. The van der Waals surface area contributed by atoms with E-state index in [2.05, 4.69) is 20.3 Å². The summed E-state index contributed by atoms with van der Waals surface area (Å²) in [5.41, 5.74) is 2.53. The first-order valence-electron chi connectivity index (χ1n) is 7.65. The predicted molar refractivity (Wildman–Crippen MR) is 87.1 cm³/mol. The molecule has 0 fully saturated rings. The van der Waals surface area contributed by atoms with Gasteiger partial charge in [-0.15, -0.1) is 0 Å². The summed E-state index contributed by atoms with van der Waals surface area (Å²) in [7, 11) is 1.76. The van der Waals surface area contributed by atoms with Crippen LogP contribution in [0.5, 0.6) is 0 Å². The molecular formula is C17H19N5O2. The zero-order valence-corrected chi connectivity index (χ0v) is 13.9. The molecule has 2 aromatic heterocycles. The van der Waals surface area contributed by atoms with E-state index in [-0.39, 0.29) is 18.4 Å². The summed E-state index contributed by atoms with van der Waals surface area (Å²) in [5, 5.41) is 10.7. The maximum absolute atomic E-state index is 12.8. The number of benzene rings is 1. The lowest BCUT2D eigenvalue weighted by Gasteiger charge is -2.27. The number of nitrogens with one attached hydrogen (secondary N) is 1. The lowest BCUT2D eigenvalue weighted by molar-refractivity contribution is -0.130. The number of hydrogen-bond acceptors (Lipinski definition) is 5. The van der Waals surface area contributed by atoms with Crippen molar-refractivity contribution in [2.75, 3.05) is 7.05 Å². The zero-order valence-electron chi connectivity index (χ0n) is 13.9. The highest BCUT2D eigenvalue weighted by Crippen LogP contribution is 2.25. The first-order chi connectivity index (χ1) is 11.6. The molecule has 7 heteroatoms. The van der Waals surface area contributed by atoms with E-state index in [1.807, 2.05) is 44.2 Å². The fourth-order valence-electron chi connectivity index (χ4n) is 2.72. The van der Waals surface area contributed by atoms with Crippen molar-refractivity contribution in [2.45, 2.75) is 26.3 Å². The van der Waals surface area contributed by atoms with Gasteiger partial charge in [0, 0.05) is 12.6 Å². The normalized spacial score (nSPS) is 12.1. The van der Waals surface area contributed by atoms with E-state index in [9.17, 15) is 4.79 Å². The van der Waals surface area contributed by atoms with Crippen LogP contribution in [-0.2, 0) is 11.2 Å². The number of carbonyl (C=O) groups is 1. The quantitative estimate of drug-likeness (QED) is 0.777. The number of aromatic amines is 1. The van der Waals surface area contributed by atoms with Crippen LogP contribution >= 0.6 is 0 Å². The Kier molecular flexibility index (Phi) is 4.41. The van der Waals surface area contributed by atoms with Crippen LogP contribution in [0.15, 0.2) is 41.2 Å². The number of nitrogens with zero attached hydrogens (tertiary/aromatic N) is 4. The molecule has 1 amide bonds. The summed E-state index contributed by atoms with van der Waals surface area (Å²) in [6, 6.07) is 9.41. The molecule has 3 rings (SSSR count). The predicted octanol–water partition coefficient (Wildman–Crippen LogP) is 2.20. The van der Waals surface area contributed by atoms with Gasteiger partial charge in [0.1, 0.15) is 18.1 Å². The van der Waals surface area contributed by atoms with E-state index in [0.717, 1.165) is 16.8 Å². The van der Waals surface area contributed by atoms with Crippen molar-refractivity contribution >= 4 is 5.91 Å². The highest BCUT2D eigenvalue weighted by atomic mass is 16.5. The zero-order chi connectivity index (χ0) is 17.1. The van der Waals surface area contributed by atoms with Gasteiger partial charge in [-0.05, 0) is 19.4 Å². The smallest absolute Gasteiger partial charge is 0.227 e. The third kappa shape index (κ3) is 3.05. The summed E-state index contributed by atoms with van der Waals surface area (Å²) >= 11 is 0. The van der Waals surface area contributed by atoms with Gasteiger partial charge in [0.25, 0.3) is 0 Å². The molecule has 1 unspecified atom stereocenters. The summed E-state index contributed by atoms with van der Waals surface area (Å²) in [4.78, 5) is 18.7. The van der Waals surface area contributed by atoms with E-state index in [1.165, 1.54) is 6.33 Å². The molecular weight excluding hydrogens is 306 g/mol. The highest BCUT2D eigenvalue weighted by Gasteiger charge is 2.27. The van der Waals surface area contributed by atoms with Crippen LogP contribution in [0.4, 0.5) is 0 Å². The fraction of sp³-hybridized carbons (Fsp3) is 0.294. The Labute approximate surface area is 139 Å². The lowest BCUT2D eigenvalue weighted by Crippen LogP contribution is -2.34. The molecule has 124 valence electrons. The maximum atomic E-state index is 12.8. The van der Waals surface area contributed by atoms with Gasteiger partial charge >= 0.3 is 0 Å². The molecule has 0 saturated carbocycles. The minimum absolute atomic E-state index is 0.0466. The van der Waals surface area contributed by atoms with Crippen molar-refractivity contribution in [2.24, 2.45) is 0 Å². The van der Waals surface area contributed by atoms with Crippen molar-refractivity contribution < 1.29 is 9.32 Å². The van der Waals surface area contributed by atoms with Crippen molar-refractivity contribution in [3.63, 3.8) is 0 Å². The summed E-state index contributed by atoms with van der Waals surface area (Å²) in [6.07, 6.45) is 1.67. The second kappa shape index (κ2) is 6.66. The Morgan fingerprint density at radius 3 is 2.62 bits per heavy atom. The Hall–Kier alpha value is -2.96. The number of aryl methyl sites for hydroxylation is 2. The van der Waals surface area contributed by atoms with Gasteiger partial charge in [-0.1, -0.05) is 35.5 Å². The molecule has 7 nitrogen and oxygen atoms in total. The number of H-pyrrole nitrogens is 1. The molecule has 0 radical (unpaired) electrons. The van der Waals surface area contributed by atoms with Crippen molar-refractivity contribution in [1.29, 1.82) is 0 Å². The number of hydrogen-bond donors (Lipinski definition) is 1. The fourth-order valence-corrected chi connectivity index (χ4v) is 2.72. The highest BCUT2D eigenvalue weighted by molar-refractivity contribution is 5.79. The molecule has 3 aromatic rings. The van der Waals surface area contributed by atoms with Crippen molar-refractivity contribution in [3.05, 3.63) is 65.1 Å². The van der Waals surface area contributed by atoms with Crippen LogP contribution in [0.25, 0.3) is 0 Å². The van der Waals surface area contributed by atoms with Crippen LogP contribution in [0.1, 0.15) is 34.4 Å². The first kappa shape index (κ1) is 15.9. The molecule has 1 aromatic carbocycles. The molecule has 0 aliphatic heterocycles. The second-order valence-corrected chi connectivity index (χ2v) is 5.67. The average molecular weight is 325 g/mol. The van der Waals surface area contributed by atoms with Crippen LogP contribution < -0.4 is 0 Å². The topological polar surface area (TPSA) is 87.9 Å². The van der Waals surface area contributed by atoms with Crippen molar-refractivity contribution in [3.8, 4) is 0 Å². The molecule has 1 atom stereocenters. The number of amides is 1. The largest absolute Gasteiger partial charge is 0.361 e. The van der Waals surface area contributed by atoms with Crippen LogP contribution in [-0.4, -0.2) is 38.2 Å². The monoisotopic (exact) mass is 325 g/mol. The number of likely N-dealkylation sites (N-methyl/N-ethyl adjacent to an activating group) is 1. The molecule has 0 saturated heterocycles. The van der Waals surface area contributed by atoms with Crippen LogP contribution in [0, 0.1) is 13.8 Å². The van der Waals surface area contributed by atoms with E-state index in [4.69, 9.17) is 4.52 Å². The lowest BCUT2D eigenvalue weighted by atomic mass is 10.0. The second-order valence-electron chi connectivity index (χ2n) is 5.67. The molecule has 1 N–H and O–H groups in total. The Bertz CT molecular complexity index is 791. The van der Waals surface area contributed by atoms with Gasteiger partial charge < -0.3 is 9.42 Å². The third-order valence-electron chi connectivity index (χ3n) is 4.10. The Morgan fingerprint density at radius 1 is 1.29 bits per heavy atom. The Morgan fingerprint density at radius 2 is 2.04 bits per heavy atom. The van der Waals surface area contributed by atoms with Crippen LogP contribution in [0.3, 0.4) is 0 Å². The number of aromatic nitrogens is 4. The Balaban J connectivity index is 1.89. The molecule has 24 heavy (non-hydrogen) atoms. The van der Waals surface area contributed by atoms with Gasteiger partial charge in [0.15, 0.2) is 5.82 Å². The molecule has 0 spiro atoms. The standard InChI is InChI=1S/C17H19N5O2/c1-11-14(12(2)24-21-11)9-15(23)22(3)16(17-18-10-19-20-17)13-7-5-4-6-8-13/h4-8,10,16H,9H2,1-3H3,(H,18,19,20). The van der Waals surface area contributed by atoms with E-state index in [1.54, 1.807) is 11.9 Å². The third-order valence-corrected chi connectivity index (χ3v) is 4.10. The molecule has 0 bridgehead atoms. The molecule has 2 heterocycles. The number of carbonyl (C=O) groups excluding carboxylic acids is 1. The molecule has 0 aliphatic carbocycles. The van der Waals surface area contributed by atoms with Gasteiger partial charge in [0.2, 0.25) is 5.91 Å². The average Bonchev–Trinajstić information content (AvgIpc) is 3.21. The minimum atomic E-state index is -0.332.